The predicted octanol–water partition coefficient (Wildman–Crippen LogP) is 2.18. The van der Waals surface area contributed by atoms with Gasteiger partial charge in [0.05, 0.1) is 10.5 Å². The van der Waals surface area contributed by atoms with Gasteiger partial charge in [-0.25, -0.2) is 8.42 Å². The molecule has 1 saturated heterocycles. The van der Waals surface area contributed by atoms with E-state index in [1.807, 2.05) is 0 Å². The Labute approximate surface area is 119 Å². The molecule has 0 bridgehead atoms. The summed E-state index contributed by atoms with van der Waals surface area (Å²) < 4.78 is 26.6. The van der Waals surface area contributed by atoms with Gasteiger partial charge in [-0.05, 0) is 44.4 Å². The van der Waals surface area contributed by atoms with Crippen molar-refractivity contribution in [3.8, 4) is 0 Å². The zero-order valence-corrected chi connectivity index (χ0v) is 12.6. The van der Waals surface area contributed by atoms with E-state index in [4.69, 9.17) is 11.6 Å². The van der Waals surface area contributed by atoms with Crippen molar-refractivity contribution in [2.75, 3.05) is 13.1 Å². The minimum Gasteiger partial charge on any atom is -0.389 e. The number of rotatable bonds is 2. The van der Waals surface area contributed by atoms with Gasteiger partial charge in [-0.2, -0.15) is 4.31 Å². The van der Waals surface area contributed by atoms with Gasteiger partial charge in [-0.15, -0.1) is 0 Å². The molecule has 0 aromatic heterocycles. The van der Waals surface area contributed by atoms with Gasteiger partial charge >= 0.3 is 0 Å². The lowest BCUT2D eigenvalue weighted by atomic mass is 9.97. The number of hydrogen-bond acceptors (Lipinski definition) is 3. The Bertz CT molecular complexity index is 584. The molecule has 0 amide bonds. The highest BCUT2D eigenvalue weighted by molar-refractivity contribution is 7.89. The van der Waals surface area contributed by atoms with Crippen LogP contribution in [0.2, 0.25) is 5.02 Å². The van der Waals surface area contributed by atoms with Crippen LogP contribution in [0.4, 0.5) is 0 Å². The van der Waals surface area contributed by atoms with Crippen molar-refractivity contribution in [2.24, 2.45) is 0 Å². The predicted molar refractivity (Wildman–Crippen MR) is 74.8 cm³/mol. The first-order valence-corrected chi connectivity index (χ1v) is 8.03. The van der Waals surface area contributed by atoms with Crippen molar-refractivity contribution >= 4 is 21.6 Å². The van der Waals surface area contributed by atoms with Crippen LogP contribution in [0.25, 0.3) is 0 Å². The SMILES string of the molecule is Cc1c(Cl)cccc1S(=O)(=O)N1CCCC(C)(O)C1. The largest absolute Gasteiger partial charge is 0.389 e. The lowest BCUT2D eigenvalue weighted by Gasteiger charge is -2.36. The molecule has 1 heterocycles. The molecule has 1 atom stereocenters. The van der Waals surface area contributed by atoms with E-state index < -0.39 is 15.6 Å². The van der Waals surface area contributed by atoms with Crippen LogP contribution in [0.15, 0.2) is 23.1 Å². The molecule has 1 aliphatic rings. The average molecular weight is 304 g/mol. The highest BCUT2D eigenvalue weighted by Crippen LogP contribution is 2.29. The second-order valence-corrected chi connectivity index (χ2v) is 7.62. The normalized spacial score (nSPS) is 25.5. The van der Waals surface area contributed by atoms with E-state index in [1.54, 1.807) is 32.0 Å². The van der Waals surface area contributed by atoms with Crippen molar-refractivity contribution in [3.63, 3.8) is 0 Å². The van der Waals surface area contributed by atoms with Gasteiger partial charge in [-0.1, -0.05) is 17.7 Å². The fourth-order valence-electron chi connectivity index (χ4n) is 2.39. The van der Waals surface area contributed by atoms with Gasteiger partial charge in [0.15, 0.2) is 0 Å². The summed E-state index contributed by atoms with van der Waals surface area (Å²) >= 11 is 5.98. The molecule has 1 unspecified atom stereocenters. The maximum absolute atomic E-state index is 12.6. The average Bonchev–Trinajstić information content (AvgIpc) is 2.31. The van der Waals surface area contributed by atoms with Crippen molar-refractivity contribution in [3.05, 3.63) is 28.8 Å². The third kappa shape index (κ3) is 2.94. The van der Waals surface area contributed by atoms with Crippen LogP contribution >= 0.6 is 11.6 Å². The molecular weight excluding hydrogens is 286 g/mol. The van der Waals surface area contributed by atoms with Gasteiger partial charge in [0, 0.05) is 18.1 Å². The van der Waals surface area contributed by atoms with Gasteiger partial charge in [0.25, 0.3) is 0 Å². The fraction of sp³-hybridized carbons (Fsp3) is 0.538. The minimum absolute atomic E-state index is 0.126. The minimum atomic E-state index is -3.60. The Kier molecular flexibility index (Phi) is 3.93. The van der Waals surface area contributed by atoms with Crippen molar-refractivity contribution in [1.82, 2.24) is 4.31 Å². The van der Waals surface area contributed by atoms with Crippen molar-refractivity contribution < 1.29 is 13.5 Å². The molecule has 1 aromatic rings. The van der Waals surface area contributed by atoms with E-state index in [-0.39, 0.29) is 11.4 Å². The summed E-state index contributed by atoms with van der Waals surface area (Å²) in [7, 11) is -3.60. The maximum atomic E-state index is 12.6. The molecule has 0 aliphatic carbocycles. The number of β-amino-alcohol motifs (C(OH)–C–C–N with tert-alkyl or cyclic N) is 1. The third-order valence-corrected chi connectivity index (χ3v) is 5.87. The lowest BCUT2D eigenvalue weighted by molar-refractivity contribution is 0.00939. The van der Waals surface area contributed by atoms with Crippen LogP contribution in [0, 0.1) is 6.92 Å². The van der Waals surface area contributed by atoms with Crippen LogP contribution in [0.5, 0.6) is 0 Å². The fourth-order valence-corrected chi connectivity index (χ4v) is 4.46. The van der Waals surface area contributed by atoms with Gasteiger partial charge < -0.3 is 5.11 Å². The Hall–Kier alpha value is -0.620. The maximum Gasteiger partial charge on any atom is 0.243 e. The lowest BCUT2D eigenvalue weighted by Crippen LogP contribution is -2.48. The summed E-state index contributed by atoms with van der Waals surface area (Å²) in [6.07, 6.45) is 1.28. The molecule has 1 aliphatic heterocycles. The summed E-state index contributed by atoms with van der Waals surface area (Å²) in [5.74, 6) is 0. The van der Waals surface area contributed by atoms with Crippen LogP contribution in [-0.2, 0) is 10.0 Å². The first kappa shape index (κ1) is 14.8. The molecule has 0 spiro atoms. The van der Waals surface area contributed by atoms with Crippen LogP contribution < -0.4 is 0 Å². The first-order chi connectivity index (χ1) is 8.74. The number of nitrogens with zero attached hydrogens (tertiary/aromatic N) is 1. The molecule has 1 N–H and O–H groups in total. The summed E-state index contributed by atoms with van der Waals surface area (Å²) in [5, 5.41) is 10.5. The van der Waals surface area contributed by atoms with Gasteiger partial charge in [0.1, 0.15) is 0 Å². The Morgan fingerprint density at radius 2 is 2.11 bits per heavy atom. The number of benzene rings is 1. The smallest absolute Gasteiger partial charge is 0.243 e. The van der Waals surface area contributed by atoms with Gasteiger partial charge in [-0.3, -0.25) is 0 Å². The Balaban J connectivity index is 2.40. The second-order valence-electron chi connectivity index (χ2n) is 5.30. The topological polar surface area (TPSA) is 57.6 Å². The molecule has 6 heteroatoms. The third-order valence-electron chi connectivity index (χ3n) is 3.48. The Morgan fingerprint density at radius 3 is 2.74 bits per heavy atom. The van der Waals surface area contributed by atoms with Crippen molar-refractivity contribution in [2.45, 2.75) is 37.2 Å². The molecule has 1 fully saturated rings. The molecule has 0 radical (unpaired) electrons. The zero-order valence-electron chi connectivity index (χ0n) is 11.1. The Morgan fingerprint density at radius 1 is 1.42 bits per heavy atom. The van der Waals surface area contributed by atoms with Crippen LogP contribution in [0.1, 0.15) is 25.3 Å². The summed E-state index contributed by atoms with van der Waals surface area (Å²) in [5.41, 5.74) is -0.410. The highest BCUT2D eigenvalue weighted by atomic mass is 35.5. The quantitative estimate of drug-likeness (QED) is 0.911. The second kappa shape index (κ2) is 5.05. The molecule has 106 valence electrons. The molecule has 2 rings (SSSR count). The van der Waals surface area contributed by atoms with Crippen molar-refractivity contribution in [1.29, 1.82) is 0 Å². The molecular formula is C13H18ClNO3S. The molecule has 0 saturated carbocycles. The zero-order chi connectivity index (χ0) is 14.3. The summed E-state index contributed by atoms with van der Waals surface area (Å²) in [4.78, 5) is 0.220. The standard InChI is InChI=1S/C13H18ClNO3S/c1-10-11(14)5-3-6-12(10)19(17,18)15-8-4-7-13(2,16)9-15/h3,5-6,16H,4,7-9H2,1-2H3. The van der Waals surface area contributed by atoms with E-state index in [0.29, 0.717) is 30.0 Å². The molecule has 4 nitrogen and oxygen atoms in total. The summed E-state index contributed by atoms with van der Waals surface area (Å²) in [6.45, 7) is 3.92. The highest BCUT2D eigenvalue weighted by Gasteiger charge is 2.36. The number of aliphatic hydroxyl groups is 1. The van der Waals surface area contributed by atoms with E-state index >= 15 is 0 Å². The molecule has 19 heavy (non-hydrogen) atoms. The monoisotopic (exact) mass is 303 g/mol. The number of sulfonamides is 1. The number of halogens is 1. The van der Waals surface area contributed by atoms with Crippen LogP contribution in [0.3, 0.4) is 0 Å². The number of piperidine rings is 1. The summed E-state index contributed by atoms with van der Waals surface area (Å²) in [6, 6.07) is 4.85. The van der Waals surface area contributed by atoms with Crippen LogP contribution in [-0.4, -0.2) is 36.5 Å². The van der Waals surface area contributed by atoms with E-state index in [9.17, 15) is 13.5 Å². The van der Waals surface area contributed by atoms with E-state index in [1.165, 1.54) is 4.31 Å². The van der Waals surface area contributed by atoms with E-state index in [2.05, 4.69) is 0 Å². The number of hydrogen-bond donors (Lipinski definition) is 1. The molecule has 1 aromatic carbocycles. The van der Waals surface area contributed by atoms with Gasteiger partial charge in [0.2, 0.25) is 10.0 Å². The van der Waals surface area contributed by atoms with E-state index in [0.717, 1.165) is 0 Å². The first-order valence-electron chi connectivity index (χ1n) is 6.22.